The maximum Gasteiger partial charge on any atom is 0.125 e. The highest BCUT2D eigenvalue weighted by Crippen LogP contribution is 2.27. The lowest BCUT2D eigenvalue weighted by Gasteiger charge is -2.06. The number of nitriles is 1. The molecular formula is C14H9ClFN. The van der Waals surface area contributed by atoms with Crippen LogP contribution < -0.4 is 0 Å². The zero-order valence-electron chi connectivity index (χ0n) is 9.17. The Kier molecular flexibility index (Phi) is 3.12. The number of benzene rings is 2. The van der Waals surface area contributed by atoms with Crippen LogP contribution in [-0.2, 0) is 0 Å². The van der Waals surface area contributed by atoms with Crippen LogP contribution in [0.1, 0.15) is 11.1 Å². The van der Waals surface area contributed by atoms with Gasteiger partial charge in [-0.2, -0.15) is 5.26 Å². The minimum Gasteiger partial charge on any atom is -0.207 e. The maximum atomic E-state index is 13.3. The summed E-state index contributed by atoms with van der Waals surface area (Å²) in [6.07, 6.45) is 0. The number of aryl methyl sites for hydroxylation is 1. The van der Waals surface area contributed by atoms with Crippen LogP contribution in [0.25, 0.3) is 11.1 Å². The summed E-state index contributed by atoms with van der Waals surface area (Å²) in [6.45, 7) is 1.92. The first-order chi connectivity index (χ1) is 8.10. The van der Waals surface area contributed by atoms with Crippen molar-refractivity contribution in [2.24, 2.45) is 0 Å². The second-order valence-corrected chi connectivity index (χ2v) is 4.26. The molecule has 0 bridgehead atoms. The number of nitrogens with zero attached hydrogens (tertiary/aromatic N) is 1. The fourth-order valence-electron chi connectivity index (χ4n) is 1.70. The van der Waals surface area contributed by atoms with E-state index in [4.69, 9.17) is 16.9 Å². The Hall–Kier alpha value is -1.85. The van der Waals surface area contributed by atoms with Crippen molar-refractivity contribution in [3.63, 3.8) is 0 Å². The summed E-state index contributed by atoms with van der Waals surface area (Å²) in [5.41, 5.74) is 2.85. The van der Waals surface area contributed by atoms with Crippen molar-refractivity contribution >= 4 is 11.6 Å². The molecule has 0 atom stereocenters. The Morgan fingerprint density at radius 1 is 1.18 bits per heavy atom. The fraction of sp³-hybridized carbons (Fsp3) is 0.0714. The van der Waals surface area contributed by atoms with Crippen LogP contribution in [0, 0.1) is 24.1 Å². The van der Waals surface area contributed by atoms with Gasteiger partial charge in [-0.1, -0.05) is 29.3 Å². The number of halogens is 2. The molecule has 0 aliphatic rings. The third-order valence-corrected chi connectivity index (χ3v) is 2.69. The summed E-state index contributed by atoms with van der Waals surface area (Å²) < 4.78 is 13.3. The second-order valence-electron chi connectivity index (χ2n) is 3.82. The van der Waals surface area contributed by atoms with Crippen molar-refractivity contribution in [2.75, 3.05) is 0 Å². The smallest absolute Gasteiger partial charge is 0.125 e. The van der Waals surface area contributed by atoms with E-state index in [0.29, 0.717) is 21.7 Å². The Morgan fingerprint density at radius 2 is 1.94 bits per heavy atom. The minimum atomic E-state index is -0.405. The van der Waals surface area contributed by atoms with Crippen molar-refractivity contribution in [1.29, 1.82) is 5.26 Å². The van der Waals surface area contributed by atoms with Gasteiger partial charge in [-0.05, 0) is 42.3 Å². The molecule has 0 saturated carbocycles. The summed E-state index contributed by atoms with van der Waals surface area (Å²) in [5.74, 6) is -0.405. The first kappa shape index (κ1) is 11.6. The van der Waals surface area contributed by atoms with Crippen LogP contribution in [0.4, 0.5) is 4.39 Å². The molecule has 0 saturated heterocycles. The van der Waals surface area contributed by atoms with Gasteiger partial charge in [0.1, 0.15) is 5.82 Å². The van der Waals surface area contributed by atoms with Crippen molar-refractivity contribution in [1.82, 2.24) is 0 Å². The van der Waals surface area contributed by atoms with Crippen LogP contribution in [0.2, 0.25) is 5.02 Å². The topological polar surface area (TPSA) is 23.8 Å². The van der Waals surface area contributed by atoms with Crippen molar-refractivity contribution < 1.29 is 4.39 Å². The van der Waals surface area contributed by atoms with Gasteiger partial charge < -0.3 is 0 Å². The van der Waals surface area contributed by atoms with Crippen molar-refractivity contribution in [3.8, 4) is 17.2 Å². The molecule has 0 aliphatic heterocycles. The molecule has 2 aromatic carbocycles. The molecule has 0 amide bonds. The van der Waals surface area contributed by atoms with Gasteiger partial charge in [-0.15, -0.1) is 0 Å². The second kappa shape index (κ2) is 4.57. The molecule has 2 aromatic rings. The summed E-state index contributed by atoms with van der Waals surface area (Å²) >= 11 is 5.81. The van der Waals surface area contributed by atoms with Gasteiger partial charge in [-0.25, -0.2) is 4.39 Å². The van der Waals surface area contributed by atoms with E-state index in [1.165, 1.54) is 12.1 Å². The zero-order chi connectivity index (χ0) is 12.4. The van der Waals surface area contributed by atoms with Crippen LogP contribution in [0.3, 0.4) is 0 Å². The number of rotatable bonds is 1. The van der Waals surface area contributed by atoms with Crippen molar-refractivity contribution in [2.45, 2.75) is 6.92 Å². The van der Waals surface area contributed by atoms with Crippen molar-refractivity contribution in [3.05, 3.63) is 58.4 Å². The lowest BCUT2D eigenvalue weighted by molar-refractivity contribution is 0.628. The average Bonchev–Trinajstić information content (AvgIpc) is 2.27. The highest BCUT2D eigenvalue weighted by atomic mass is 35.5. The van der Waals surface area contributed by atoms with Gasteiger partial charge in [0, 0.05) is 5.02 Å². The zero-order valence-corrected chi connectivity index (χ0v) is 9.92. The number of hydrogen-bond donors (Lipinski definition) is 0. The third-order valence-electron chi connectivity index (χ3n) is 2.47. The van der Waals surface area contributed by atoms with Crippen LogP contribution >= 0.6 is 11.6 Å². The SMILES string of the molecule is Cc1ccc(C#N)c(-c2cc(F)cc(Cl)c2)c1. The molecule has 3 heteroatoms. The van der Waals surface area contributed by atoms with E-state index >= 15 is 0 Å². The molecular weight excluding hydrogens is 237 g/mol. The molecule has 17 heavy (non-hydrogen) atoms. The van der Waals surface area contributed by atoms with Gasteiger partial charge in [0.25, 0.3) is 0 Å². The normalized spacial score (nSPS) is 10.0. The third kappa shape index (κ3) is 2.46. The predicted molar refractivity (Wildman–Crippen MR) is 66.3 cm³/mol. The van der Waals surface area contributed by atoms with E-state index in [0.717, 1.165) is 5.56 Å². The lowest BCUT2D eigenvalue weighted by Crippen LogP contribution is -1.87. The molecule has 84 valence electrons. The van der Waals surface area contributed by atoms with E-state index in [9.17, 15) is 4.39 Å². The predicted octanol–water partition coefficient (Wildman–Crippen LogP) is 4.33. The summed E-state index contributed by atoms with van der Waals surface area (Å²) in [7, 11) is 0. The van der Waals surface area contributed by atoms with E-state index in [1.807, 2.05) is 19.1 Å². The molecule has 0 radical (unpaired) electrons. The van der Waals surface area contributed by atoms with E-state index < -0.39 is 5.82 Å². The standard InChI is InChI=1S/C14H9ClFN/c1-9-2-3-10(8-17)14(4-9)11-5-12(15)7-13(16)6-11/h2-7H,1H3. The number of hydrogen-bond acceptors (Lipinski definition) is 1. The highest BCUT2D eigenvalue weighted by molar-refractivity contribution is 6.30. The van der Waals surface area contributed by atoms with Crippen LogP contribution in [0.5, 0.6) is 0 Å². The summed E-state index contributed by atoms with van der Waals surface area (Å²) in [5, 5.41) is 9.36. The molecule has 0 N–H and O–H groups in total. The largest absolute Gasteiger partial charge is 0.207 e. The van der Waals surface area contributed by atoms with Gasteiger partial charge in [0.15, 0.2) is 0 Å². The van der Waals surface area contributed by atoms with E-state index in [1.54, 1.807) is 12.1 Å². The molecule has 0 heterocycles. The fourth-order valence-corrected chi connectivity index (χ4v) is 1.93. The quantitative estimate of drug-likeness (QED) is 0.734. The summed E-state index contributed by atoms with van der Waals surface area (Å²) in [6, 6.07) is 11.8. The van der Waals surface area contributed by atoms with Gasteiger partial charge in [-0.3, -0.25) is 0 Å². The van der Waals surface area contributed by atoms with Gasteiger partial charge in [0.2, 0.25) is 0 Å². The van der Waals surface area contributed by atoms with Gasteiger partial charge >= 0.3 is 0 Å². The molecule has 0 spiro atoms. The van der Waals surface area contributed by atoms with Crippen LogP contribution in [0.15, 0.2) is 36.4 Å². The molecule has 1 nitrogen and oxygen atoms in total. The molecule has 0 aliphatic carbocycles. The Bertz CT molecular complexity index is 594. The average molecular weight is 246 g/mol. The first-order valence-electron chi connectivity index (χ1n) is 5.07. The lowest BCUT2D eigenvalue weighted by atomic mass is 9.98. The van der Waals surface area contributed by atoms with Crippen LogP contribution in [-0.4, -0.2) is 0 Å². The monoisotopic (exact) mass is 245 g/mol. The summed E-state index contributed by atoms with van der Waals surface area (Å²) in [4.78, 5) is 0. The molecule has 0 aromatic heterocycles. The highest BCUT2D eigenvalue weighted by Gasteiger charge is 2.07. The van der Waals surface area contributed by atoms with E-state index in [2.05, 4.69) is 6.07 Å². The molecule has 0 unspecified atom stereocenters. The molecule has 0 fully saturated rings. The maximum absolute atomic E-state index is 13.3. The Balaban J connectivity index is 2.67. The first-order valence-corrected chi connectivity index (χ1v) is 5.45. The molecule has 2 rings (SSSR count). The van der Waals surface area contributed by atoms with Gasteiger partial charge in [0.05, 0.1) is 11.6 Å². The Morgan fingerprint density at radius 3 is 2.59 bits per heavy atom. The Labute approximate surface area is 104 Å². The van der Waals surface area contributed by atoms with E-state index in [-0.39, 0.29) is 0 Å². The minimum absolute atomic E-state index is 0.324.